The molecule has 1 aliphatic carbocycles. The van der Waals surface area contributed by atoms with Crippen LogP contribution in [-0.2, 0) is 4.79 Å². The molecule has 14 heavy (non-hydrogen) atoms. The van der Waals surface area contributed by atoms with E-state index in [-0.39, 0.29) is 11.9 Å². The number of ether oxygens (including phenoxy) is 1. The van der Waals surface area contributed by atoms with Gasteiger partial charge >= 0.3 is 5.97 Å². The Morgan fingerprint density at radius 2 is 2.21 bits per heavy atom. The molecule has 0 spiro atoms. The van der Waals surface area contributed by atoms with Gasteiger partial charge in [-0.15, -0.1) is 0 Å². The van der Waals surface area contributed by atoms with Crippen LogP contribution in [0.15, 0.2) is 18.2 Å². The summed E-state index contributed by atoms with van der Waals surface area (Å²) in [6.07, 6.45) is 1.93. The van der Waals surface area contributed by atoms with Gasteiger partial charge in [0, 0.05) is 5.02 Å². The third-order valence-corrected chi connectivity index (χ3v) is 2.49. The first kappa shape index (κ1) is 9.53. The molecular weight excluding hydrogens is 200 g/mol. The first-order chi connectivity index (χ1) is 6.66. The van der Waals surface area contributed by atoms with Gasteiger partial charge in [-0.25, -0.2) is 0 Å². The number of hydrogen-bond donors (Lipinski definition) is 0. The maximum atomic E-state index is 11.4. The first-order valence-corrected chi connectivity index (χ1v) is 5.02. The molecule has 1 aromatic carbocycles. The van der Waals surface area contributed by atoms with Crippen molar-refractivity contribution in [2.75, 3.05) is 0 Å². The van der Waals surface area contributed by atoms with Crippen LogP contribution in [0, 0.1) is 12.8 Å². The fourth-order valence-electron chi connectivity index (χ4n) is 1.24. The number of esters is 1. The Labute approximate surface area is 87.8 Å². The van der Waals surface area contributed by atoms with Crippen LogP contribution in [0.25, 0.3) is 0 Å². The lowest BCUT2D eigenvalue weighted by atomic mass is 10.2. The van der Waals surface area contributed by atoms with Gasteiger partial charge in [-0.3, -0.25) is 4.79 Å². The number of aryl methyl sites for hydroxylation is 1. The Hall–Kier alpha value is -1.02. The van der Waals surface area contributed by atoms with Crippen molar-refractivity contribution in [2.24, 2.45) is 5.92 Å². The largest absolute Gasteiger partial charge is 0.426 e. The molecule has 0 atom stereocenters. The smallest absolute Gasteiger partial charge is 0.314 e. The highest BCUT2D eigenvalue weighted by atomic mass is 35.5. The number of carbonyl (C=O) groups is 1. The van der Waals surface area contributed by atoms with Gasteiger partial charge in [-0.05, 0) is 43.5 Å². The van der Waals surface area contributed by atoms with Crippen molar-refractivity contribution in [1.29, 1.82) is 0 Å². The molecule has 3 heteroatoms. The van der Waals surface area contributed by atoms with E-state index in [1.165, 1.54) is 0 Å². The van der Waals surface area contributed by atoms with Crippen LogP contribution >= 0.6 is 11.6 Å². The molecule has 0 radical (unpaired) electrons. The lowest BCUT2D eigenvalue weighted by Crippen LogP contribution is -2.10. The normalized spacial score (nSPS) is 15.3. The van der Waals surface area contributed by atoms with Crippen LogP contribution in [0.5, 0.6) is 5.75 Å². The first-order valence-electron chi connectivity index (χ1n) is 4.64. The Morgan fingerprint density at radius 3 is 2.79 bits per heavy atom. The second-order valence-corrected chi connectivity index (χ2v) is 4.04. The van der Waals surface area contributed by atoms with E-state index in [2.05, 4.69) is 0 Å². The number of rotatable bonds is 2. The maximum absolute atomic E-state index is 11.4. The van der Waals surface area contributed by atoms with Crippen LogP contribution in [-0.4, -0.2) is 5.97 Å². The highest BCUT2D eigenvalue weighted by molar-refractivity contribution is 6.30. The van der Waals surface area contributed by atoms with Gasteiger partial charge in [0.1, 0.15) is 5.75 Å². The van der Waals surface area contributed by atoms with Crippen LogP contribution in [0.3, 0.4) is 0 Å². The predicted molar refractivity (Wildman–Crippen MR) is 54.5 cm³/mol. The molecule has 74 valence electrons. The Balaban J connectivity index is 2.11. The van der Waals surface area contributed by atoms with E-state index in [9.17, 15) is 4.79 Å². The maximum Gasteiger partial charge on any atom is 0.314 e. The van der Waals surface area contributed by atoms with Gasteiger partial charge in [-0.2, -0.15) is 0 Å². The summed E-state index contributed by atoms with van der Waals surface area (Å²) in [5, 5.41) is 0.661. The van der Waals surface area contributed by atoms with Crippen molar-refractivity contribution >= 4 is 17.6 Å². The van der Waals surface area contributed by atoms with Gasteiger partial charge in [0.05, 0.1) is 5.92 Å². The van der Waals surface area contributed by atoms with Crippen molar-refractivity contribution in [3.8, 4) is 5.75 Å². The van der Waals surface area contributed by atoms with E-state index >= 15 is 0 Å². The molecule has 0 N–H and O–H groups in total. The topological polar surface area (TPSA) is 26.3 Å². The molecule has 2 nitrogen and oxygen atoms in total. The zero-order chi connectivity index (χ0) is 10.1. The van der Waals surface area contributed by atoms with Gasteiger partial charge in [-0.1, -0.05) is 11.6 Å². The van der Waals surface area contributed by atoms with Gasteiger partial charge < -0.3 is 4.74 Å². The molecule has 1 fully saturated rings. The quantitative estimate of drug-likeness (QED) is 0.554. The summed E-state index contributed by atoms with van der Waals surface area (Å²) < 4.78 is 5.23. The number of halogens is 1. The molecule has 1 aromatic rings. The van der Waals surface area contributed by atoms with Crippen molar-refractivity contribution in [2.45, 2.75) is 19.8 Å². The zero-order valence-corrected chi connectivity index (χ0v) is 8.67. The fraction of sp³-hybridized carbons (Fsp3) is 0.364. The van der Waals surface area contributed by atoms with Crippen LogP contribution < -0.4 is 4.74 Å². The lowest BCUT2D eigenvalue weighted by molar-refractivity contribution is -0.135. The average Bonchev–Trinajstić information content (AvgIpc) is 2.92. The third-order valence-electron chi connectivity index (χ3n) is 2.26. The molecule has 0 unspecified atom stereocenters. The molecule has 0 aliphatic heterocycles. The summed E-state index contributed by atoms with van der Waals surface area (Å²) in [7, 11) is 0. The van der Waals surface area contributed by atoms with Crippen molar-refractivity contribution in [1.82, 2.24) is 0 Å². The molecule has 1 saturated carbocycles. The number of carbonyl (C=O) groups excluding carboxylic acids is 1. The van der Waals surface area contributed by atoms with Gasteiger partial charge in [0.25, 0.3) is 0 Å². The molecule has 0 bridgehead atoms. The number of benzene rings is 1. The summed E-state index contributed by atoms with van der Waals surface area (Å²) in [6.45, 7) is 1.88. The number of hydrogen-bond acceptors (Lipinski definition) is 2. The van der Waals surface area contributed by atoms with Crippen molar-refractivity contribution in [3.05, 3.63) is 28.8 Å². The Kier molecular flexibility index (Phi) is 2.46. The SMILES string of the molecule is Cc1cc(Cl)ccc1OC(=O)C1CC1. The van der Waals surface area contributed by atoms with E-state index in [4.69, 9.17) is 16.3 Å². The highest BCUT2D eigenvalue weighted by Crippen LogP contribution is 2.31. The van der Waals surface area contributed by atoms with Crippen molar-refractivity contribution in [3.63, 3.8) is 0 Å². The Bertz CT molecular complexity index is 370. The van der Waals surface area contributed by atoms with Gasteiger partial charge in [0.15, 0.2) is 0 Å². The average molecular weight is 211 g/mol. The molecular formula is C11H11ClO2. The van der Waals surface area contributed by atoms with Crippen LogP contribution in [0.2, 0.25) is 5.02 Å². The molecule has 0 aromatic heterocycles. The highest BCUT2D eigenvalue weighted by Gasteiger charge is 2.31. The van der Waals surface area contributed by atoms with E-state index < -0.39 is 0 Å². The monoisotopic (exact) mass is 210 g/mol. The van der Waals surface area contributed by atoms with Gasteiger partial charge in [0.2, 0.25) is 0 Å². The lowest BCUT2D eigenvalue weighted by Gasteiger charge is -2.06. The molecule has 0 amide bonds. The fourth-order valence-corrected chi connectivity index (χ4v) is 1.46. The van der Waals surface area contributed by atoms with E-state index in [0.29, 0.717) is 10.8 Å². The molecule has 2 rings (SSSR count). The van der Waals surface area contributed by atoms with Crippen LogP contribution in [0.4, 0.5) is 0 Å². The van der Waals surface area contributed by atoms with E-state index in [1.54, 1.807) is 18.2 Å². The summed E-state index contributed by atoms with van der Waals surface area (Å²) in [5.41, 5.74) is 0.895. The predicted octanol–water partition coefficient (Wildman–Crippen LogP) is 2.96. The minimum atomic E-state index is -0.115. The summed E-state index contributed by atoms with van der Waals surface area (Å²) in [6, 6.07) is 5.25. The summed E-state index contributed by atoms with van der Waals surface area (Å²) in [4.78, 5) is 11.4. The second-order valence-electron chi connectivity index (χ2n) is 3.61. The molecule has 0 saturated heterocycles. The molecule has 0 heterocycles. The standard InChI is InChI=1S/C11H11ClO2/c1-7-6-9(12)4-5-10(7)14-11(13)8-2-3-8/h4-6,8H,2-3H2,1H3. The Morgan fingerprint density at radius 1 is 1.50 bits per heavy atom. The zero-order valence-electron chi connectivity index (χ0n) is 7.92. The third kappa shape index (κ3) is 2.07. The van der Waals surface area contributed by atoms with Crippen molar-refractivity contribution < 1.29 is 9.53 Å². The second kappa shape index (κ2) is 3.62. The van der Waals surface area contributed by atoms with Crippen LogP contribution in [0.1, 0.15) is 18.4 Å². The minimum absolute atomic E-state index is 0.115. The minimum Gasteiger partial charge on any atom is -0.426 e. The van der Waals surface area contributed by atoms with E-state index in [0.717, 1.165) is 18.4 Å². The van der Waals surface area contributed by atoms with E-state index in [1.807, 2.05) is 6.92 Å². The molecule has 1 aliphatic rings. The summed E-state index contributed by atoms with van der Waals surface area (Å²) in [5.74, 6) is 0.631. The summed E-state index contributed by atoms with van der Waals surface area (Å²) >= 11 is 5.79.